The fourth-order valence-corrected chi connectivity index (χ4v) is 2.26. The highest BCUT2D eigenvalue weighted by atomic mass is 19.1. The number of nitrogens with one attached hydrogen (secondary N) is 1. The maximum absolute atomic E-state index is 12.9. The Morgan fingerprint density at radius 1 is 1.00 bits per heavy atom. The molecule has 0 spiro atoms. The zero-order valence-electron chi connectivity index (χ0n) is 14.2. The summed E-state index contributed by atoms with van der Waals surface area (Å²) < 4.78 is 18.3. The first kappa shape index (κ1) is 16.8. The average molecular weight is 339 g/mol. The Kier molecular flexibility index (Phi) is 4.35. The topological polar surface area (TPSA) is 68.0 Å². The zero-order chi connectivity index (χ0) is 18.0. The molecule has 0 bridgehead atoms. The summed E-state index contributed by atoms with van der Waals surface area (Å²) in [6.45, 7) is 6.36. The molecule has 6 heteroatoms. The summed E-state index contributed by atoms with van der Waals surface area (Å²) in [5.41, 5.74) is 2.39. The van der Waals surface area contributed by atoms with Crippen LogP contribution in [0.3, 0.4) is 0 Å². The van der Waals surface area contributed by atoms with Crippen LogP contribution in [0.2, 0.25) is 0 Å². The lowest BCUT2D eigenvalue weighted by molar-refractivity contribution is 0.0991. The minimum absolute atomic E-state index is 0.0408. The van der Waals surface area contributed by atoms with Gasteiger partial charge in [-0.05, 0) is 47.4 Å². The fraction of sp³-hybridized carbons (Fsp3) is 0.211. The number of halogens is 1. The molecule has 1 amide bonds. The normalized spacial score (nSPS) is 11.4. The number of carbonyl (C=O) groups excluding carboxylic acids is 1. The van der Waals surface area contributed by atoms with E-state index < -0.39 is 5.91 Å². The number of hydrogen-bond donors (Lipinski definition) is 1. The minimum Gasteiger partial charge on any atom is -0.412 e. The molecule has 25 heavy (non-hydrogen) atoms. The molecule has 0 aliphatic carbocycles. The van der Waals surface area contributed by atoms with E-state index in [1.54, 1.807) is 0 Å². The first-order valence-electron chi connectivity index (χ1n) is 7.84. The molecule has 1 aromatic heterocycles. The van der Waals surface area contributed by atoms with Gasteiger partial charge in [0.1, 0.15) is 5.82 Å². The molecule has 0 saturated heterocycles. The van der Waals surface area contributed by atoms with E-state index in [1.165, 1.54) is 29.8 Å². The van der Waals surface area contributed by atoms with Crippen molar-refractivity contribution in [3.63, 3.8) is 0 Å². The Morgan fingerprint density at radius 2 is 1.64 bits per heavy atom. The predicted molar refractivity (Wildman–Crippen MR) is 92.8 cm³/mol. The number of benzene rings is 2. The lowest BCUT2D eigenvalue weighted by Crippen LogP contribution is -2.14. The highest BCUT2D eigenvalue weighted by Gasteiger charge is 2.17. The number of anilines is 1. The second kappa shape index (κ2) is 6.47. The van der Waals surface area contributed by atoms with Gasteiger partial charge < -0.3 is 9.73 Å². The van der Waals surface area contributed by atoms with Gasteiger partial charge in [0.05, 0.1) is 0 Å². The maximum Gasteiger partial charge on any atom is 0.313 e. The van der Waals surface area contributed by atoms with E-state index in [2.05, 4.69) is 36.3 Å². The monoisotopic (exact) mass is 339 g/mol. The van der Waals surface area contributed by atoms with E-state index in [9.17, 15) is 9.18 Å². The Morgan fingerprint density at radius 3 is 2.24 bits per heavy atom. The van der Waals surface area contributed by atoms with Crippen LogP contribution in [0.5, 0.6) is 0 Å². The number of amides is 1. The summed E-state index contributed by atoms with van der Waals surface area (Å²) in [4.78, 5) is 12.2. The van der Waals surface area contributed by atoms with E-state index in [0.29, 0.717) is 11.3 Å². The second-order valence-electron chi connectivity index (χ2n) is 6.70. The van der Waals surface area contributed by atoms with Crippen LogP contribution in [0.1, 0.15) is 37.0 Å². The van der Waals surface area contributed by atoms with Gasteiger partial charge in [0.15, 0.2) is 0 Å². The summed E-state index contributed by atoms with van der Waals surface area (Å²) in [6.07, 6.45) is 0. The van der Waals surface area contributed by atoms with E-state index >= 15 is 0 Å². The van der Waals surface area contributed by atoms with Gasteiger partial charge in [-0.1, -0.05) is 32.9 Å². The van der Waals surface area contributed by atoms with Gasteiger partial charge in [-0.25, -0.2) is 4.39 Å². The second-order valence-corrected chi connectivity index (χ2v) is 6.70. The van der Waals surface area contributed by atoms with Gasteiger partial charge in [0.2, 0.25) is 5.89 Å². The molecule has 0 aliphatic rings. The molecule has 5 nitrogen and oxygen atoms in total. The van der Waals surface area contributed by atoms with E-state index in [4.69, 9.17) is 4.42 Å². The molecule has 0 fully saturated rings. The molecule has 0 aliphatic heterocycles. The Bertz CT molecular complexity index is 878. The van der Waals surface area contributed by atoms with E-state index in [-0.39, 0.29) is 23.0 Å². The van der Waals surface area contributed by atoms with Crippen molar-refractivity contribution in [1.82, 2.24) is 10.2 Å². The highest BCUT2D eigenvalue weighted by Crippen LogP contribution is 2.24. The molecular weight excluding hydrogens is 321 g/mol. The largest absolute Gasteiger partial charge is 0.412 e. The average Bonchev–Trinajstić information content (AvgIpc) is 3.05. The summed E-state index contributed by atoms with van der Waals surface area (Å²) in [6, 6.07) is 13.2. The third-order valence-electron chi connectivity index (χ3n) is 3.72. The van der Waals surface area contributed by atoms with Gasteiger partial charge >= 0.3 is 11.8 Å². The molecule has 3 rings (SSSR count). The van der Waals surface area contributed by atoms with Crippen LogP contribution in [0.25, 0.3) is 11.5 Å². The van der Waals surface area contributed by atoms with Crippen LogP contribution in [-0.2, 0) is 5.41 Å². The maximum atomic E-state index is 12.9. The molecule has 0 unspecified atom stereocenters. The van der Waals surface area contributed by atoms with Gasteiger partial charge in [-0.3, -0.25) is 4.79 Å². The van der Waals surface area contributed by atoms with E-state index in [1.807, 2.05) is 24.3 Å². The summed E-state index contributed by atoms with van der Waals surface area (Å²) >= 11 is 0. The van der Waals surface area contributed by atoms with Crippen LogP contribution in [0, 0.1) is 5.82 Å². The number of aromatic nitrogens is 2. The van der Waals surface area contributed by atoms with Gasteiger partial charge in [-0.2, -0.15) is 0 Å². The summed E-state index contributed by atoms with van der Waals surface area (Å²) in [5, 5.41) is 10.3. The van der Waals surface area contributed by atoms with Crippen molar-refractivity contribution >= 4 is 11.6 Å². The first-order valence-corrected chi connectivity index (χ1v) is 7.84. The van der Waals surface area contributed by atoms with Crippen molar-refractivity contribution in [2.24, 2.45) is 0 Å². The molecule has 2 aromatic carbocycles. The molecule has 0 atom stereocenters. The molecule has 1 heterocycles. The Balaban J connectivity index is 1.72. The molecule has 0 saturated carbocycles. The van der Waals surface area contributed by atoms with Crippen LogP contribution in [0.15, 0.2) is 52.9 Å². The smallest absolute Gasteiger partial charge is 0.313 e. The molecular formula is C19H18FN3O2. The number of hydrogen-bond acceptors (Lipinski definition) is 4. The molecule has 0 radical (unpaired) electrons. The SMILES string of the molecule is CC(C)(C)c1ccc(NC(=O)c2nnc(-c3ccc(F)cc3)o2)cc1. The summed E-state index contributed by atoms with van der Waals surface area (Å²) in [5.74, 6) is -0.850. The minimum atomic E-state index is -0.496. The van der Waals surface area contributed by atoms with Crippen molar-refractivity contribution in [3.8, 4) is 11.5 Å². The van der Waals surface area contributed by atoms with Crippen LogP contribution >= 0.6 is 0 Å². The third kappa shape index (κ3) is 3.91. The Labute approximate surface area is 144 Å². The molecule has 128 valence electrons. The zero-order valence-corrected chi connectivity index (χ0v) is 14.2. The highest BCUT2D eigenvalue weighted by molar-refractivity contribution is 6.00. The lowest BCUT2D eigenvalue weighted by atomic mass is 9.87. The quantitative estimate of drug-likeness (QED) is 0.767. The molecule has 3 aromatic rings. The van der Waals surface area contributed by atoms with Gasteiger partial charge in [0, 0.05) is 11.3 Å². The number of carbonyl (C=O) groups is 1. The lowest BCUT2D eigenvalue weighted by Gasteiger charge is -2.19. The predicted octanol–water partition coefficient (Wildman–Crippen LogP) is 4.43. The third-order valence-corrected chi connectivity index (χ3v) is 3.72. The van der Waals surface area contributed by atoms with Crippen molar-refractivity contribution in [3.05, 3.63) is 65.8 Å². The Hall–Kier alpha value is -3.02. The van der Waals surface area contributed by atoms with Gasteiger partial charge in [0.25, 0.3) is 0 Å². The van der Waals surface area contributed by atoms with Crippen LogP contribution < -0.4 is 5.32 Å². The van der Waals surface area contributed by atoms with Gasteiger partial charge in [-0.15, -0.1) is 10.2 Å². The van der Waals surface area contributed by atoms with Crippen molar-refractivity contribution in [1.29, 1.82) is 0 Å². The summed E-state index contributed by atoms with van der Waals surface area (Å²) in [7, 11) is 0. The standard InChI is InChI=1S/C19H18FN3O2/c1-19(2,3)13-6-10-15(11-7-13)21-16(24)18-23-22-17(25-18)12-4-8-14(20)9-5-12/h4-11H,1-3H3,(H,21,24). The van der Waals surface area contributed by atoms with Crippen molar-refractivity contribution < 1.29 is 13.6 Å². The van der Waals surface area contributed by atoms with Crippen molar-refractivity contribution in [2.45, 2.75) is 26.2 Å². The molecule has 1 N–H and O–H groups in total. The number of rotatable bonds is 3. The fourth-order valence-electron chi connectivity index (χ4n) is 2.26. The van der Waals surface area contributed by atoms with Crippen LogP contribution in [0.4, 0.5) is 10.1 Å². The van der Waals surface area contributed by atoms with E-state index in [0.717, 1.165) is 0 Å². The first-order chi connectivity index (χ1) is 11.8. The number of nitrogens with zero attached hydrogens (tertiary/aromatic N) is 2. The van der Waals surface area contributed by atoms with Crippen LogP contribution in [-0.4, -0.2) is 16.1 Å². The van der Waals surface area contributed by atoms with Crippen molar-refractivity contribution in [2.75, 3.05) is 5.32 Å².